The molecule has 0 saturated carbocycles. The molecule has 0 aromatic carbocycles. The molecular weight excluding hydrogens is 234 g/mol. The van der Waals surface area contributed by atoms with Gasteiger partial charge in [0.2, 0.25) is 11.8 Å². The smallest absolute Gasteiger partial charge is 0.235 e. The van der Waals surface area contributed by atoms with E-state index < -0.39 is 0 Å². The van der Waals surface area contributed by atoms with Crippen molar-refractivity contribution >= 4 is 17.6 Å². The molecule has 6 heteroatoms. The molecule has 0 aliphatic carbocycles. The maximum absolute atomic E-state index is 11.7. The van der Waals surface area contributed by atoms with Crippen LogP contribution in [0.25, 0.3) is 0 Å². The van der Waals surface area contributed by atoms with Crippen LogP contribution in [0.5, 0.6) is 0 Å². The summed E-state index contributed by atoms with van der Waals surface area (Å²) in [6.07, 6.45) is 1.78. The van der Waals surface area contributed by atoms with E-state index in [4.69, 9.17) is 4.52 Å². The number of anilines is 1. The third-order valence-corrected chi connectivity index (χ3v) is 2.48. The second kappa shape index (κ2) is 6.78. The average Bonchev–Trinajstić information content (AvgIpc) is 2.71. The van der Waals surface area contributed by atoms with Crippen molar-refractivity contribution in [1.29, 1.82) is 0 Å². The first-order valence-electron chi connectivity index (χ1n) is 6.00. The highest BCUT2D eigenvalue weighted by molar-refractivity contribution is 6.03. The van der Waals surface area contributed by atoms with Crippen molar-refractivity contribution in [2.45, 2.75) is 33.1 Å². The minimum Gasteiger partial charge on any atom is -0.360 e. The van der Waals surface area contributed by atoms with Crippen molar-refractivity contribution < 1.29 is 14.1 Å². The molecule has 1 rings (SSSR count). The van der Waals surface area contributed by atoms with E-state index in [0.29, 0.717) is 18.1 Å². The predicted octanol–water partition coefficient (Wildman–Crippen LogP) is 1.57. The fraction of sp³-hybridized carbons (Fsp3) is 0.583. The van der Waals surface area contributed by atoms with E-state index in [1.54, 1.807) is 24.9 Å². The van der Waals surface area contributed by atoms with Gasteiger partial charge in [-0.3, -0.25) is 9.59 Å². The molecule has 6 nitrogen and oxygen atoms in total. The predicted molar refractivity (Wildman–Crippen MR) is 67.0 cm³/mol. The van der Waals surface area contributed by atoms with E-state index in [9.17, 15) is 9.59 Å². The minimum atomic E-state index is -0.378. The molecule has 1 heterocycles. The van der Waals surface area contributed by atoms with Gasteiger partial charge in [0, 0.05) is 19.7 Å². The quantitative estimate of drug-likeness (QED) is 0.781. The molecule has 0 saturated heterocycles. The first kappa shape index (κ1) is 14.2. The lowest BCUT2D eigenvalue weighted by atomic mass is 10.3. The van der Waals surface area contributed by atoms with Crippen LogP contribution < -0.4 is 5.32 Å². The molecule has 100 valence electrons. The Balaban J connectivity index is 2.37. The molecule has 0 fully saturated rings. The standard InChI is InChI=1S/C12H19N3O3/c1-4-5-6-15(3)12(17)8-11(16)13-10-7-9(2)18-14-10/h7H,4-6,8H2,1-3H3,(H,13,14,16). The van der Waals surface area contributed by atoms with Crippen molar-refractivity contribution in [2.75, 3.05) is 18.9 Å². The molecule has 1 aromatic rings. The van der Waals surface area contributed by atoms with Gasteiger partial charge >= 0.3 is 0 Å². The number of aryl methyl sites for hydroxylation is 1. The second-order valence-corrected chi connectivity index (χ2v) is 4.22. The monoisotopic (exact) mass is 253 g/mol. The second-order valence-electron chi connectivity index (χ2n) is 4.22. The fourth-order valence-electron chi connectivity index (χ4n) is 1.40. The van der Waals surface area contributed by atoms with Gasteiger partial charge in [0.1, 0.15) is 12.2 Å². The number of hydrogen-bond acceptors (Lipinski definition) is 4. The Labute approximate surface area is 106 Å². The van der Waals surface area contributed by atoms with E-state index >= 15 is 0 Å². The number of aromatic nitrogens is 1. The molecule has 0 aliphatic rings. The third kappa shape index (κ3) is 4.57. The zero-order valence-electron chi connectivity index (χ0n) is 11.0. The number of carbonyl (C=O) groups excluding carboxylic acids is 2. The summed E-state index contributed by atoms with van der Waals surface area (Å²) < 4.78 is 4.81. The molecule has 1 aromatic heterocycles. The van der Waals surface area contributed by atoms with Gasteiger partial charge in [0.15, 0.2) is 5.82 Å². The maximum atomic E-state index is 11.7. The molecule has 1 N–H and O–H groups in total. The van der Waals surface area contributed by atoms with Gasteiger partial charge < -0.3 is 14.7 Å². The highest BCUT2D eigenvalue weighted by atomic mass is 16.5. The largest absolute Gasteiger partial charge is 0.360 e. The Morgan fingerprint density at radius 2 is 2.22 bits per heavy atom. The van der Waals surface area contributed by atoms with Crippen LogP contribution in [-0.4, -0.2) is 35.5 Å². The summed E-state index contributed by atoms with van der Waals surface area (Å²) in [6, 6.07) is 1.60. The summed E-state index contributed by atoms with van der Waals surface area (Å²) in [6.45, 7) is 4.45. The summed E-state index contributed by atoms with van der Waals surface area (Å²) in [7, 11) is 1.70. The summed E-state index contributed by atoms with van der Waals surface area (Å²) >= 11 is 0. The molecule has 0 bridgehead atoms. The van der Waals surface area contributed by atoms with Gasteiger partial charge in [-0.1, -0.05) is 18.5 Å². The zero-order valence-corrected chi connectivity index (χ0v) is 11.0. The normalized spacial score (nSPS) is 10.2. The van der Waals surface area contributed by atoms with Crippen LogP contribution in [0.15, 0.2) is 10.6 Å². The third-order valence-electron chi connectivity index (χ3n) is 2.48. The van der Waals surface area contributed by atoms with Gasteiger partial charge in [-0.15, -0.1) is 0 Å². The molecule has 0 aliphatic heterocycles. The van der Waals surface area contributed by atoms with Crippen molar-refractivity contribution in [2.24, 2.45) is 0 Å². The minimum absolute atomic E-state index is 0.174. The maximum Gasteiger partial charge on any atom is 0.235 e. The Morgan fingerprint density at radius 1 is 1.50 bits per heavy atom. The van der Waals surface area contributed by atoms with Gasteiger partial charge in [-0.05, 0) is 13.3 Å². The lowest BCUT2D eigenvalue weighted by Crippen LogP contribution is -2.31. The molecule has 0 unspecified atom stereocenters. The van der Waals surface area contributed by atoms with Gasteiger partial charge in [0.25, 0.3) is 0 Å². The fourth-order valence-corrected chi connectivity index (χ4v) is 1.40. The Kier molecular flexibility index (Phi) is 5.35. The summed E-state index contributed by atoms with van der Waals surface area (Å²) in [5.74, 6) is 0.371. The van der Waals surface area contributed by atoms with E-state index in [2.05, 4.69) is 17.4 Å². The Morgan fingerprint density at radius 3 is 2.78 bits per heavy atom. The molecule has 18 heavy (non-hydrogen) atoms. The lowest BCUT2D eigenvalue weighted by Gasteiger charge is -2.15. The number of amides is 2. The summed E-state index contributed by atoms with van der Waals surface area (Å²) in [4.78, 5) is 24.8. The summed E-state index contributed by atoms with van der Waals surface area (Å²) in [5, 5.41) is 6.14. The Bertz CT molecular complexity index is 414. The number of nitrogens with one attached hydrogen (secondary N) is 1. The van der Waals surface area contributed by atoms with Crippen molar-refractivity contribution in [3.63, 3.8) is 0 Å². The van der Waals surface area contributed by atoms with Crippen LogP contribution in [0.4, 0.5) is 5.82 Å². The van der Waals surface area contributed by atoms with Gasteiger partial charge in [-0.2, -0.15) is 0 Å². The zero-order chi connectivity index (χ0) is 13.5. The van der Waals surface area contributed by atoms with E-state index in [0.717, 1.165) is 12.8 Å². The average molecular weight is 253 g/mol. The van der Waals surface area contributed by atoms with Gasteiger partial charge in [0.05, 0.1) is 0 Å². The van der Waals surface area contributed by atoms with Crippen LogP contribution in [-0.2, 0) is 9.59 Å². The molecule has 0 spiro atoms. The first-order valence-corrected chi connectivity index (χ1v) is 6.00. The van der Waals surface area contributed by atoms with E-state index in [1.165, 1.54) is 0 Å². The van der Waals surface area contributed by atoms with E-state index in [-0.39, 0.29) is 18.2 Å². The first-order chi connectivity index (χ1) is 8.52. The summed E-state index contributed by atoms with van der Waals surface area (Å²) in [5.41, 5.74) is 0. The molecular formula is C12H19N3O3. The van der Waals surface area contributed by atoms with E-state index in [1.807, 2.05) is 0 Å². The van der Waals surface area contributed by atoms with Crippen molar-refractivity contribution in [3.8, 4) is 0 Å². The lowest BCUT2D eigenvalue weighted by molar-refractivity contribution is -0.133. The van der Waals surface area contributed by atoms with Crippen LogP contribution in [0, 0.1) is 6.92 Å². The number of carbonyl (C=O) groups is 2. The topological polar surface area (TPSA) is 75.4 Å². The SMILES string of the molecule is CCCCN(C)C(=O)CC(=O)Nc1cc(C)on1. The van der Waals surface area contributed by atoms with Gasteiger partial charge in [-0.25, -0.2) is 0 Å². The highest BCUT2D eigenvalue weighted by Crippen LogP contribution is 2.07. The number of hydrogen-bond donors (Lipinski definition) is 1. The van der Waals surface area contributed by atoms with Crippen molar-refractivity contribution in [3.05, 3.63) is 11.8 Å². The molecule has 0 atom stereocenters. The van der Waals surface area contributed by atoms with Crippen molar-refractivity contribution in [1.82, 2.24) is 10.1 Å². The molecule has 0 radical (unpaired) electrons. The van der Waals surface area contributed by atoms with Crippen LogP contribution in [0.2, 0.25) is 0 Å². The number of nitrogens with zero attached hydrogens (tertiary/aromatic N) is 2. The number of rotatable bonds is 6. The van der Waals surface area contributed by atoms with Crippen LogP contribution in [0.3, 0.4) is 0 Å². The van der Waals surface area contributed by atoms with Crippen LogP contribution >= 0.6 is 0 Å². The number of unbranched alkanes of at least 4 members (excludes halogenated alkanes) is 1. The Hall–Kier alpha value is -1.85. The van der Waals surface area contributed by atoms with Crippen LogP contribution in [0.1, 0.15) is 31.9 Å². The highest BCUT2D eigenvalue weighted by Gasteiger charge is 2.14. The molecule has 2 amide bonds.